The van der Waals surface area contributed by atoms with Crippen molar-refractivity contribution in [1.82, 2.24) is 9.97 Å². The first-order valence-electron chi connectivity index (χ1n) is 9.70. The molecule has 2 aromatic rings. The first-order valence-corrected chi connectivity index (χ1v) is 11.4. The third-order valence-corrected chi connectivity index (χ3v) is 7.02. The van der Waals surface area contributed by atoms with E-state index in [9.17, 15) is 13.2 Å². The van der Waals surface area contributed by atoms with Crippen molar-refractivity contribution in [2.75, 3.05) is 30.0 Å². The smallest absolute Gasteiger partial charge is 0.409 e. The molecule has 3 rings (SSSR count). The number of morpholine rings is 1. The third-order valence-electron chi connectivity index (χ3n) is 4.89. The minimum absolute atomic E-state index is 0.0956. The van der Waals surface area contributed by atoms with Crippen LogP contribution in [0, 0.1) is 0 Å². The van der Waals surface area contributed by atoms with Crippen molar-refractivity contribution >= 4 is 27.4 Å². The van der Waals surface area contributed by atoms with Gasteiger partial charge >= 0.3 is 6.09 Å². The molecule has 2 N–H and O–H groups in total. The summed E-state index contributed by atoms with van der Waals surface area (Å²) in [7, 11) is -3.34. The molecular formula is C20H26N4O5S. The first-order chi connectivity index (χ1) is 14.2. The number of anilines is 2. The lowest BCUT2D eigenvalue weighted by Gasteiger charge is -2.34. The van der Waals surface area contributed by atoms with Gasteiger partial charge in [-0.2, -0.15) is 0 Å². The molecule has 1 fully saturated rings. The molecule has 9 nitrogen and oxygen atoms in total. The zero-order chi connectivity index (χ0) is 21.9. The topological polar surface area (TPSA) is 122 Å². The molecule has 1 aromatic carbocycles. The van der Waals surface area contributed by atoms with Gasteiger partial charge < -0.3 is 14.7 Å². The van der Waals surface area contributed by atoms with Gasteiger partial charge in [-0.3, -0.25) is 5.32 Å². The number of carbonyl (C=O) groups is 1. The van der Waals surface area contributed by atoms with Crippen LogP contribution in [0.3, 0.4) is 0 Å². The minimum atomic E-state index is -3.34. The van der Waals surface area contributed by atoms with Crippen LogP contribution in [0.4, 0.5) is 16.3 Å². The van der Waals surface area contributed by atoms with E-state index in [1.807, 2.05) is 6.92 Å². The summed E-state index contributed by atoms with van der Waals surface area (Å²) < 4.78 is 30.5. The second-order valence-corrected chi connectivity index (χ2v) is 10.1. The highest BCUT2D eigenvalue weighted by Gasteiger charge is 2.24. The lowest BCUT2D eigenvalue weighted by molar-refractivity contribution is 0.0985. The number of hydrogen-bond donors (Lipinski definition) is 2. The van der Waals surface area contributed by atoms with Gasteiger partial charge in [0.25, 0.3) is 0 Å². The van der Waals surface area contributed by atoms with E-state index in [0.29, 0.717) is 48.3 Å². The molecular weight excluding hydrogens is 408 g/mol. The van der Waals surface area contributed by atoms with E-state index >= 15 is 0 Å². The van der Waals surface area contributed by atoms with Crippen LogP contribution in [0.1, 0.15) is 26.5 Å². The van der Waals surface area contributed by atoms with Gasteiger partial charge in [0.05, 0.1) is 36.0 Å². The molecule has 1 aromatic heterocycles. The van der Waals surface area contributed by atoms with Gasteiger partial charge in [-0.25, -0.2) is 23.2 Å². The number of nitrogens with one attached hydrogen (secondary N) is 1. The number of amides is 1. The van der Waals surface area contributed by atoms with Crippen LogP contribution in [-0.4, -0.2) is 60.6 Å². The van der Waals surface area contributed by atoms with Gasteiger partial charge in [-0.1, -0.05) is 0 Å². The number of sulfone groups is 1. The normalized spacial score (nSPS) is 17.2. The first kappa shape index (κ1) is 22.0. The Morgan fingerprint density at radius 3 is 2.60 bits per heavy atom. The predicted octanol–water partition coefficient (Wildman–Crippen LogP) is 2.78. The molecule has 0 saturated carbocycles. The Morgan fingerprint density at radius 1 is 1.30 bits per heavy atom. The fraction of sp³-hybridized carbons (Fsp3) is 0.450. The van der Waals surface area contributed by atoms with E-state index in [4.69, 9.17) is 9.84 Å². The van der Waals surface area contributed by atoms with Crippen LogP contribution in [0.2, 0.25) is 0 Å². The number of nitrogens with zero attached hydrogens (tertiary/aromatic N) is 3. The summed E-state index contributed by atoms with van der Waals surface area (Å²) in [6.07, 6.45) is -1.15. The molecule has 162 valence electrons. The van der Waals surface area contributed by atoms with Gasteiger partial charge in [-0.15, -0.1) is 0 Å². The van der Waals surface area contributed by atoms with Crippen LogP contribution in [0.15, 0.2) is 30.3 Å². The molecule has 0 spiro atoms. The number of carboxylic acid groups (broad SMARTS) is 1. The number of hydrogen-bond acceptors (Lipinski definition) is 7. The molecule has 0 radical (unpaired) electrons. The van der Waals surface area contributed by atoms with Gasteiger partial charge in [0.2, 0.25) is 0 Å². The highest BCUT2D eigenvalue weighted by Crippen LogP contribution is 2.25. The Labute approximate surface area is 176 Å². The summed E-state index contributed by atoms with van der Waals surface area (Å²) in [5.41, 5.74) is 1.51. The molecule has 0 bridgehead atoms. The van der Waals surface area contributed by atoms with Gasteiger partial charge in [0.15, 0.2) is 15.7 Å². The fourth-order valence-electron chi connectivity index (χ4n) is 3.10. The number of rotatable bonds is 6. The molecule has 2 heterocycles. The Balaban J connectivity index is 2.01. The van der Waals surface area contributed by atoms with Crippen LogP contribution in [0.25, 0.3) is 11.4 Å². The summed E-state index contributed by atoms with van der Waals surface area (Å²) in [6, 6.07) is 8.45. The second kappa shape index (κ2) is 8.97. The van der Waals surface area contributed by atoms with Crippen LogP contribution in [-0.2, 0) is 20.3 Å². The molecule has 0 aliphatic carbocycles. The summed E-state index contributed by atoms with van der Waals surface area (Å²) in [4.78, 5) is 22.0. The van der Waals surface area contributed by atoms with Crippen molar-refractivity contribution in [2.45, 2.75) is 37.8 Å². The number of ether oxygens (including phenoxy) is 1. The molecule has 30 heavy (non-hydrogen) atoms. The zero-order valence-corrected chi connectivity index (χ0v) is 18.0. The van der Waals surface area contributed by atoms with E-state index in [-0.39, 0.29) is 11.8 Å². The van der Waals surface area contributed by atoms with Gasteiger partial charge in [-0.05, 0) is 45.0 Å². The summed E-state index contributed by atoms with van der Waals surface area (Å²) in [5.74, 6) is 0.865. The van der Waals surface area contributed by atoms with Crippen molar-refractivity contribution in [3.63, 3.8) is 0 Å². The van der Waals surface area contributed by atoms with Crippen molar-refractivity contribution in [2.24, 2.45) is 0 Å². The standard InChI is InChI=1S/C20H26N4O5S/c1-13(2)30(27,28)12-17-10-18(24-8-9-29-11-14(24)3)23-19(21-17)15-4-6-16(7-5-15)22-20(25)26/h4-7,10,13-14,22H,8-9,11-12H2,1-3H3,(H,25,26)/t14-/m0/s1. The van der Waals surface area contributed by atoms with Crippen LogP contribution < -0.4 is 10.2 Å². The van der Waals surface area contributed by atoms with Crippen LogP contribution >= 0.6 is 0 Å². The largest absolute Gasteiger partial charge is 0.465 e. The maximum Gasteiger partial charge on any atom is 0.409 e. The molecule has 1 saturated heterocycles. The average Bonchev–Trinajstić information content (AvgIpc) is 2.67. The molecule has 1 amide bonds. The Hall–Kier alpha value is -2.72. The molecule has 1 aliphatic rings. The van der Waals surface area contributed by atoms with E-state index in [1.165, 1.54) is 0 Å². The van der Waals surface area contributed by atoms with E-state index in [2.05, 4.69) is 20.2 Å². The zero-order valence-electron chi connectivity index (χ0n) is 17.2. The second-order valence-electron chi connectivity index (χ2n) is 7.52. The number of benzene rings is 1. The SMILES string of the molecule is CC(C)S(=O)(=O)Cc1cc(N2CCOC[C@@H]2C)nc(-c2ccc(NC(=O)O)cc2)n1. The Bertz CT molecular complexity index is 1010. The lowest BCUT2D eigenvalue weighted by Crippen LogP contribution is -2.44. The monoisotopic (exact) mass is 434 g/mol. The summed E-state index contributed by atoms with van der Waals surface area (Å²) in [6.45, 7) is 7.10. The fourth-order valence-corrected chi connectivity index (χ4v) is 3.99. The minimum Gasteiger partial charge on any atom is -0.465 e. The van der Waals surface area contributed by atoms with Crippen molar-refractivity contribution in [3.05, 3.63) is 36.0 Å². The summed E-state index contributed by atoms with van der Waals surface area (Å²) >= 11 is 0. The van der Waals surface area contributed by atoms with Crippen LogP contribution in [0.5, 0.6) is 0 Å². The van der Waals surface area contributed by atoms with Gasteiger partial charge in [0, 0.05) is 23.9 Å². The highest BCUT2D eigenvalue weighted by atomic mass is 32.2. The molecule has 1 aliphatic heterocycles. The van der Waals surface area contributed by atoms with E-state index in [0.717, 1.165) is 0 Å². The average molecular weight is 435 g/mol. The quantitative estimate of drug-likeness (QED) is 0.712. The van der Waals surface area contributed by atoms with Crippen molar-refractivity contribution in [3.8, 4) is 11.4 Å². The predicted molar refractivity (Wildman–Crippen MR) is 115 cm³/mol. The maximum atomic E-state index is 12.5. The van der Waals surface area contributed by atoms with Crippen molar-refractivity contribution < 1.29 is 23.1 Å². The third kappa shape index (κ3) is 5.25. The van der Waals surface area contributed by atoms with E-state index in [1.54, 1.807) is 44.2 Å². The lowest BCUT2D eigenvalue weighted by atomic mass is 10.2. The maximum absolute atomic E-state index is 12.5. The summed E-state index contributed by atoms with van der Waals surface area (Å²) in [5, 5.41) is 10.6. The Kier molecular flexibility index (Phi) is 6.57. The highest BCUT2D eigenvalue weighted by molar-refractivity contribution is 7.91. The van der Waals surface area contributed by atoms with Crippen molar-refractivity contribution in [1.29, 1.82) is 0 Å². The van der Waals surface area contributed by atoms with E-state index < -0.39 is 21.2 Å². The molecule has 1 atom stereocenters. The Morgan fingerprint density at radius 2 is 2.00 bits per heavy atom. The van der Waals surface area contributed by atoms with Gasteiger partial charge in [0.1, 0.15) is 5.82 Å². The molecule has 10 heteroatoms. The number of aromatic nitrogens is 2. The molecule has 0 unspecified atom stereocenters.